The fraction of sp³-hybridized carbons (Fsp3) is 0.222. The van der Waals surface area contributed by atoms with Crippen molar-refractivity contribution in [1.29, 1.82) is 0 Å². The highest BCUT2D eigenvalue weighted by Gasteiger charge is 2.05. The summed E-state index contributed by atoms with van der Waals surface area (Å²) in [5.74, 6) is 1.30. The summed E-state index contributed by atoms with van der Waals surface area (Å²) >= 11 is 0. The molecule has 0 amide bonds. The molecule has 3 rings (SSSR count). The molecule has 3 aromatic rings. The summed E-state index contributed by atoms with van der Waals surface area (Å²) in [4.78, 5) is 34.0. The molecule has 0 spiro atoms. The Hall–Kier alpha value is -3.02. The Morgan fingerprint density at radius 1 is 1.21 bits per heavy atom. The van der Waals surface area contributed by atoms with E-state index in [1.807, 2.05) is 24.3 Å². The lowest BCUT2D eigenvalue weighted by molar-refractivity contribution is -0.116. The minimum absolute atomic E-state index is 0.160. The minimum atomic E-state index is -0.208. The second-order valence-electron chi connectivity index (χ2n) is 5.54. The number of Topliss-reactive ketones (excluding diaryl/α,β-unsaturated/α-hetero) is 1. The van der Waals surface area contributed by atoms with E-state index in [2.05, 4.69) is 15.0 Å². The summed E-state index contributed by atoms with van der Waals surface area (Å²) in [6.45, 7) is 1.75. The van der Waals surface area contributed by atoms with Crippen LogP contribution in [0.25, 0.3) is 10.9 Å². The van der Waals surface area contributed by atoms with Crippen LogP contribution in [0, 0.1) is 0 Å². The zero-order valence-electron chi connectivity index (χ0n) is 13.3. The highest BCUT2D eigenvalue weighted by molar-refractivity contribution is 5.76. The van der Waals surface area contributed by atoms with Crippen molar-refractivity contribution in [2.45, 2.75) is 26.4 Å². The number of carbonyl (C=O) groups is 1. The van der Waals surface area contributed by atoms with Gasteiger partial charge in [0.1, 0.15) is 24.0 Å². The van der Waals surface area contributed by atoms with Gasteiger partial charge in [-0.2, -0.15) is 0 Å². The van der Waals surface area contributed by atoms with Crippen molar-refractivity contribution in [2.24, 2.45) is 0 Å². The van der Waals surface area contributed by atoms with Crippen LogP contribution in [0.15, 0.2) is 47.5 Å². The van der Waals surface area contributed by atoms with E-state index in [4.69, 9.17) is 4.74 Å². The van der Waals surface area contributed by atoms with E-state index < -0.39 is 0 Å². The van der Waals surface area contributed by atoms with Crippen LogP contribution in [-0.4, -0.2) is 20.7 Å². The molecule has 0 atom stereocenters. The molecule has 0 aliphatic carbocycles. The van der Waals surface area contributed by atoms with Crippen LogP contribution in [0.1, 0.15) is 24.7 Å². The van der Waals surface area contributed by atoms with Crippen LogP contribution in [0.5, 0.6) is 5.75 Å². The molecule has 2 aromatic heterocycles. The van der Waals surface area contributed by atoms with Gasteiger partial charge in [0.2, 0.25) is 0 Å². The lowest BCUT2D eigenvalue weighted by Crippen LogP contribution is -2.13. The molecule has 0 bridgehead atoms. The highest BCUT2D eigenvalue weighted by Crippen LogP contribution is 2.15. The Labute approximate surface area is 138 Å². The van der Waals surface area contributed by atoms with Crippen LogP contribution in [0.4, 0.5) is 0 Å². The first kappa shape index (κ1) is 15.9. The lowest BCUT2D eigenvalue weighted by atomic mass is 10.1. The number of aryl methyl sites for hydroxylation is 1. The van der Waals surface area contributed by atoms with Crippen molar-refractivity contribution in [3.05, 3.63) is 64.5 Å². The van der Waals surface area contributed by atoms with E-state index in [1.165, 1.54) is 0 Å². The summed E-state index contributed by atoms with van der Waals surface area (Å²) in [5, 5.41) is 0.503. The number of H-pyrrole nitrogens is 1. The number of ketones is 1. The Bertz CT molecular complexity index is 917. The molecule has 0 fully saturated rings. The largest absolute Gasteiger partial charge is 0.486 e. The van der Waals surface area contributed by atoms with Gasteiger partial charge in [0.15, 0.2) is 0 Å². The predicted molar refractivity (Wildman–Crippen MR) is 89.9 cm³/mol. The molecule has 0 aliphatic heterocycles. The number of fused-ring (bicyclic) bond motifs is 1. The number of hydrogen-bond acceptors (Lipinski definition) is 5. The Morgan fingerprint density at radius 2 is 2.00 bits per heavy atom. The zero-order chi connectivity index (χ0) is 16.9. The fourth-order valence-electron chi connectivity index (χ4n) is 2.33. The number of nitrogens with one attached hydrogen (secondary N) is 1. The first-order valence-corrected chi connectivity index (χ1v) is 7.66. The Kier molecular flexibility index (Phi) is 4.65. The standard InChI is InChI=1S/C18H17N3O3/c1-12(22)2-3-13-4-6-14(7-5-13)24-11-17-20-16-10-19-9-8-15(16)18(23)21-17/h4-10H,2-3,11H2,1H3,(H,20,21,23). The molecule has 6 nitrogen and oxygen atoms in total. The molecule has 0 unspecified atom stereocenters. The third-order valence-corrected chi connectivity index (χ3v) is 3.62. The van der Waals surface area contributed by atoms with Gasteiger partial charge in [-0.15, -0.1) is 0 Å². The van der Waals surface area contributed by atoms with Crippen molar-refractivity contribution in [1.82, 2.24) is 15.0 Å². The van der Waals surface area contributed by atoms with Crippen molar-refractivity contribution in [2.75, 3.05) is 0 Å². The summed E-state index contributed by atoms with van der Waals surface area (Å²) in [7, 11) is 0. The van der Waals surface area contributed by atoms with E-state index in [-0.39, 0.29) is 17.9 Å². The monoisotopic (exact) mass is 323 g/mol. The van der Waals surface area contributed by atoms with Crippen LogP contribution in [-0.2, 0) is 17.8 Å². The SMILES string of the molecule is CC(=O)CCc1ccc(OCc2nc3cnccc3c(=O)[nH]2)cc1. The average molecular weight is 323 g/mol. The van der Waals surface area contributed by atoms with Crippen molar-refractivity contribution in [3.63, 3.8) is 0 Å². The number of benzene rings is 1. The number of carbonyl (C=O) groups excluding carboxylic acids is 1. The second-order valence-corrected chi connectivity index (χ2v) is 5.54. The van der Waals surface area contributed by atoms with Gasteiger partial charge in [0, 0.05) is 12.6 Å². The van der Waals surface area contributed by atoms with Gasteiger partial charge in [-0.1, -0.05) is 12.1 Å². The molecule has 1 aromatic carbocycles. The third-order valence-electron chi connectivity index (χ3n) is 3.62. The van der Waals surface area contributed by atoms with Crippen molar-refractivity contribution >= 4 is 16.7 Å². The molecule has 2 heterocycles. The molecule has 0 aliphatic rings. The van der Waals surface area contributed by atoms with Crippen LogP contribution >= 0.6 is 0 Å². The summed E-state index contributed by atoms with van der Waals surface area (Å²) < 4.78 is 5.66. The first-order chi connectivity index (χ1) is 11.6. The third kappa shape index (κ3) is 3.84. The maximum atomic E-state index is 12.0. The number of pyridine rings is 1. The molecule has 0 radical (unpaired) electrons. The highest BCUT2D eigenvalue weighted by atomic mass is 16.5. The molecular weight excluding hydrogens is 306 g/mol. The van der Waals surface area contributed by atoms with E-state index >= 15 is 0 Å². The van der Waals surface area contributed by atoms with E-state index in [0.29, 0.717) is 28.9 Å². The van der Waals surface area contributed by atoms with Crippen LogP contribution in [0.2, 0.25) is 0 Å². The smallest absolute Gasteiger partial charge is 0.258 e. The molecule has 0 saturated heterocycles. The first-order valence-electron chi connectivity index (χ1n) is 7.66. The normalized spacial score (nSPS) is 10.7. The molecular formula is C18H17N3O3. The average Bonchev–Trinajstić information content (AvgIpc) is 2.59. The number of rotatable bonds is 6. The van der Waals surface area contributed by atoms with Gasteiger partial charge in [-0.05, 0) is 37.1 Å². The molecule has 1 N–H and O–H groups in total. The molecule has 0 saturated carbocycles. The lowest BCUT2D eigenvalue weighted by Gasteiger charge is -2.07. The maximum Gasteiger partial charge on any atom is 0.258 e. The number of aromatic nitrogens is 3. The number of hydrogen-bond donors (Lipinski definition) is 1. The molecule has 6 heteroatoms. The van der Waals surface area contributed by atoms with Gasteiger partial charge < -0.3 is 14.5 Å². The van der Waals surface area contributed by atoms with Crippen molar-refractivity contribution in [3.8, 4) is 5.75 Å². The summed E-state index contributed by atoms with van der Waals surface area (Å²) in [6.07, 6.45) is 4.37. The number of ether oxygens (including phenoxy) is 1. The van der Waals surface area contributed by atoms with Crippen LogP contribution in [0.3, 0.4) is 0 Å². The van der Waals surface area contributed by atoms with Gasteiger partial charge in [-0.3, -0.25) is 9.78 Å². The van der Waals surface area contributed by atoms with Gasteiger partial charge in [0.25, 0.3) is 5.56 Å². The van der Waals surface area contributed by atoms with E-state index in [0.717, 1.165) is 12.0 Å². The maximum absolute atomic E-state index is 12.0. The predicted octanol–water partition coefficient (Wildman–Crippen LogP) is 2.42. The van der Waals surface area contributed by atoms with Gasteiger partial charge in [-0.25, -0.2) is 4.98 Å². The Morgan fingerprint density at radius 3 is 2.75 bits per heavy atom. The van der Waals surface area contributed by atoms with Crippen LogP contribution < -0.4 is 10.3 Å². The fourth-order valence-corrected chi connectivity index (χ4v) is 2.33. The zero-order valence-corrected chi connectivity index (χ0v) is 13.3. The second kappa shape index (κ2) is 7.04. The van der Waals surface area contributed by atoms with Gasteiger partial charge in [0.05, 0.1) is 17.1 Å². The van der Waals surface area contributed by atoms with Gasteiger partial charge >= 0.3 is 0 Å². The molecule has 122 valence electrons. The van der Waals surface area contributed by atoms with Crippen molar-refractivity contribution < 1.29 is 9.53 Å². The van der Waals surface area contributed by atoms with E-state index in [9.17, 15) is 9.59 Å². The summed E-state index contributed by atoms with van der Waals surface area (Å²) in [5.41, 5.74) is 1.42. The van der Waals surface area contributed by atoms with E-state index in [1.54, 1.807) is 25.4 Å². The Balaban J connectivity index is 1.67. The topological polar surface area (TPSA) is 84.9 Å². The minimum Gasteiger partial charge on any atom is -0.486 e. The number of nitrogens with zero attached hydrogens (tertiary/aromatic N) is 2. The molecule has 24 heavy (non-hydrogen) atoms. The number of aromatic amines is 1. The summed E-state index contributed by atoms with van der Waals surface area (Å²) in [6, 6.07) is 9.18. The quantitative estimate of drug-likeness (QED) is 0.753.